The molecule has 0 spiro atoms. The normalized spacial score (nSPS) is 22.4. The van der Waals surface area contributed by atoms with Crippen molar-refractivity contribution in [3.8, 4) is 0 Å². The van der Waals surface area contributed by atoms with Crippen molar-refractivity contribution in [1.82, 2.24) is 4.98 Å². The molecule has 1 N–H and O–H groups in total. The second-order valence-electron chi connectivity index (χ2n) is 3.33. The molecule has 2 rings (SSSR count). The zero-order valence-corrected chi connectivity index (χ0v) is 8.14. The zero-order valence-electron chi connectivity index (χ0n) is 8.14. The molecule has 1 aliphatic rings. The van der Waals surface area contributed by atoms with E-state index in [9.17, 15) is 5.11 Å². The predicted octanol–water partition coefficient (Wildman–Crippen LogP) is 2.48. The van der Waals surface area contributed by atoms with E-state index in [1.165, 1.54) is 0 Å². The quantitative estimate of drug-likeness (QED) is 0.732. The first kappa shape index (κ1) is 9.16. The van der Waals surface area contributed by atoms with Crippen LogP contribution in [-0.2, 0) is 0 Å². The van der Waals surface area contributed by atoms with E-state index >= 15 is 0 Å². The highest BCUT2D eigenvalue weighted by atomic mass is 16.3. The summed E-state index contributed by atoms with van der Waals surface area (Å²) < 4.78 is 0. The Morgan fingerprint density at radius 3 is 3.14 bits per heavy atom. The van der Waals surface area contributed by atoms with E-state index in [1.807, 2.05) is 30.4 Å². The van der Waals surface area contributed by atoms with Crippen LogP contribution in [0.4, 0.5) is 0 Å². The molecule has 0 radical (unpaired) electrons. The van der Waals surface area contributed by atoms with Crippen molar-refractivity contribution in [2.75, 3.05) is 0 Å². The summed E-state index contributed by atoms with van der Waals surface area (Å²) in [6.07, 6.45) is 8.06. The number of hydrogen-bond donors (Lipinski definition) is 1. The fourth-order valence-electron chi connectivity index (χ4n) is 1.65. The number of aliphatic hydroxyl groups is 1. The second kappa shape index (κ2) is 3.76. The summed E-state index contributed by atoms with van der Waals surface area (Å²) in [4.78, 5) is 4.19. The molecule has 14 heavy (non-hydrogen) atoms. The average Bonchev–Trinajstić information content (AvgIpc) is 2.23. The Morgan fingerprint density at radius 2 is 2.36 bits per heavy atom. The van der Waals surface area contributed by atoms with E-state index in [0.717, 1.165) is 23.3 Å². The number of aromatic nitrogens is 1. The maximum absolute atomic E-state index is 9.97. The number of pyridine rings is 1. The third-order valence-electron chi connectivity index (χ3n) is 2.34. The van der Waals surface area contributed by atoms with Gasteiger partial charge < -0.3 is 5.11 Å². The van der Waals surface area contributed by atoms with Gasteiger partial charge in [0.05, 0.1) is 5.69 Å². The molecule has 1 aliphatic carbocycles. The van der Waals surface area contributed by atoms with Gasteiger partial charge in [-0.1, -0.05) is 31.2 Å². The SMILES string of the molecule is CCC=C1C=Cc2cccnc2C1O. The third kappa shape index (κ3) is 1.49. The van der Waals surface area contributed by atoms with Gasteiger partial charge in [0.2, 0.25) is 0 Å². The molecule has 0 saturated heterocycles. The largest absolute Gasteiger partial charge is 0.382 e. The molecule has 1 aromatic heterocycles. The number of hydrogen-bond acceptors (Lipinski definition) is 2. The Balaban J connectivity index is 2.45. The summed E-state index contributed by atoms with van der Waals surface area (Å²) in [5, 5.41) is 9.97. The van der Waals surface area contributed by atoms with Gasteiger partial charge in [-0.15, -0.1) is 0 Å². The van der Waals surface area contributed by atoms with Gasteiger partial charge in [-0.05, 0) is 23.6 Å². The van der Waals surface area contributed by atoms with Crippen LogP contribution >= 0.6 is 0 Å². The molecule has 1 heterocycles. The Morgan fingerprint density at radius 1 is 1.50 bits per heavy atom. The van der Waals surface area contributed by atoms with Crippen LogP contribution in [0.5, 0.6) is 0 Å². The van der Waals surface area contributed by atoms with Crippen molar-refractivity contribution < 1.29 is 5.11 Å². The maximum Gasteiger partial charge on any atom is 0.121 e. The van der Waals surface area contributed by atoms with E-state index in [2.05, 4.69) is 11.9 Å². The Labute approximate surface area is 83.6 Å². The van der Waals surface area contributed by atoms with Crippen molar-refractivity contribution in [2.45, 2.75) is 19.4 Å². The summed E-state index contributed by atoms with van der Waals surface area (Å²) >= 11 is 0. The Kier molecular flexibility index (Phi) is 2.46. The second-order valence-corrected chi connectivity index (χ2v) is 3.33. The minimum Gasteiger partial charge on any atom is -0.382 e. The smallest absolute Gasteiger partial charge is 0.121 e. The van der Waals surface area contributed by atoms with Crippen LogP contribution in [0, 0.1) is 0 Å². The molecule has 1 unspecified atom stereocenters. The molecular weight excluding hydrogens is 174 g/mol. The van der Waals surface area contributed by atoms with Crippen molar-refractivity contribution >= 4 is 6.08 Å². The van der Waals surface area contributed by atoms with Crippen molar-refractivity contribution in [3.63, 3.8) is 0 Å². The fraction of sp³-hybridized carbons (Fsp3) is 0.250. The van der Waals surface area contributed by atoms with E-state index in [0.29, 0.717) is 0 Å². The van der Waals surface area contributed by atoms with Gasteiger partial charge in [0.25, 0.3) is 0 Å². The Hall–Kier alpha value is -1.41. The molecule has 72 valence electrons. The highest BCUT2D eigenvalue weighted by Gasteiger charge is 2.18. The lowest BCUT2D eigenvalue weighted by molar-refractivity contribution is 0.213. The van der Waals surface area contributed by atoms with Crippen LogP contribution in [0.3, 0.4) is 0 Å². The molecule has 0 aliphatic heterocycles. The zero-order chi connectivity index (χ0) is 9.97. The number of aliphatic hydroxyl groups excluding tert-OH is 1. The molecule has 2 nitrogen and oxygen atoms in total. The molecule has 0 bridgehead atoms. The number of fused-ring (bicyclic) bond motifs is 1. The van der Waals surface area contributed by atoms with Crippen molar-refractivity contribution in [1.29, 1.82) is 0 Å². The van der Waals surface area contributed by atoms with E-state index in [4.69, 9.17) is 0 Å². The minimum atomic E-state index is -0.559. The lowest BCUT2D eigenvalue weighted by Gasteiger charge is -2.18. The van der Waals surface area contributed by atoms with Gasteiger partial charge in [-0.2, -0.15) is 0 Å². The summed E-state index contributed by atoms with van der Waals surface area (Å²) in [7, 11) is 0. The van der Waals surface area contributed by atoms with E-state index < -0.39 is 6.10 Å². The number of allylic oxidation sites excluding steroid dienone is 1. The van der Waals surface area contributed by atoms with Gasteiger partial charge in [0.15, 0.2) is 0 Å². The molecule has 0 amide bonds. The van der Waals surface area contributed by atoms with E-state index in [1.54, 1.807) is 6.20 Å². The highest BCUT2D eigenvalue weighted by molar-refractivity contribution is 5.61. The van der Waals surface area contributed by atoms with E-state index in [-0.39, 0.29) is 0 Å². The molecular formula is C12H13NO. The monoisotopic (exact) mass is 187 g/mol. The van der Waals surface area contributed by atoms with Crippen LogP contribution in [-0.4, -0.2) is 10.1 Å². The molecule has 0 fully saturated rings. The summed E-state index contributed by atoms with van der Waals surface area (Å²) in [6.45, 7) is 2.06. The average molecular weight is 187 g/mol. The third-order valence-corrected chi connectivity index (χ3v) is 2.34. The van der Waals surface area contributed by atoms with Crippen molar-refractivity contribution in [3.05, 3.63) is 47.3 Å². The standard InChI is InChI=1S/C12H13NO/c1-2-4-10-7-6-9-5-3-8-13-11(9)12(10)14/h3-8,12,14H,2H2,1H3. The van der Waals surface area contributed by atoms with Gasteiger partial charge in [-0.3, -0.25) is 4.98 Å². The summed E-state index contributed by atoms with van der Waals surface area (Å²) in [5.41, 5.74) is 2.71. The molecule has 0 aromatic carbocycles. The summed E-state index contributed by atoms with van der Waals surface area (Å²) in [5.74, 6) is 0. The van der Waals surface area contributed by atoms with Gasteiger partial charge >= 0.3 is 0 Å². The number of nitrogens with zero attached hydrogens (tertiary/aromatic N) is 1. The Bertz CT molecular complexity index is 393. The van der Waals surface area contributed by atoms with Crippen LogP contribution < -0.4 is 0 Å². The van der Waals surface area contributed by atoms with Gasteiger partial charge in [-0.25, -0.2) is 0 Å². The molecule has 0 saturated carbocycles. The topological polar surface area (TPSA) is 33.1 Å². The molecule has 2 heteroatoms. The lowest BCUT2D eigenvalue weighted by Crippen LogP contribution is -2.08. The first-order valence-electron chi connectivity index (χ1n) is 4.84. The first-order valence-corrected chi connectivity index (χ1v) is 4.84. The fourth-order valence-corrected chi connectivity index (χ4v) is 1.65. The highest BCUT2D eigenvalue weighted by Crippen LogP contribution is 2.29. The minimum absolute atomic E-state index is 0.559. The maximum atomic E-state index is 9.97. The molecule has 1 atom stereocenters. The predicted molar refractivity (Wildman–Crippen MR) is 56.6 cm³/mol. The van der Waals surface area contributed by atoms with Crippen LogP contribution in [0.25, 0.3) is 6.08 Å². The van der Waals surface area contributed by atoms with Gasteiger partial charge in [0, 0.05) is 6.20 Å². The van der Waals surface area contributed by atoms with Crippen LogP contribution in [0.1, 0.15) is 30.7 Å². The first-order chi connectivity index (χ1) is 6.83. The van der Waals surface area contributed by atoms with Crippen LogP contribution in [0.2, 0.25) is 0 Å². The van der Waals surface area contributed by atoms with Crippen LogP contribution in [0.15, 0.2) is 36.1 Å². The number of rotatable bonds is 1. The summed E-state index contributed by atoms with van der Waals surface area (Å²) in [6, 6.07) is 3.84. The molecule has 1 aromatic rings. The van der Waals surface area contributed by atoms with Crippen molar-refractivity contribution in [2.24, 2.45) is 0 Å². The van der Waals surface area contributed by atoms with Gasteiger partial charge in [0.1, 0.15) is 6.10 Å². The lowest BCUT2D eigenvalue weighted by atomic mass is 9.95.